The smallest absolute Gasteiger partial charge is 0.343 e. The van der Waals surface area contributed by atoms with Crippen molar-refractivity contribution in [2.75, 3.05) is 14.2 Å². The van der Waals surface area contributed by atoms with Gasteiger partial charge in [0, 0.05) is 5.02 Å². The van der Waals surface area contributed by atoms with Crippen molar-refractivity contribution in [2.24, 2.45) is 5.10 Å². The molecule has 0 spiro atoms. The number of halogens is 1. The van der Waals surface area contributed by atoms with E-state index in [9.17, 15) is 9.59 Å². The fraction of sp³-hybridized carbons (Fsp3) is 0.160. The number of methoxy groups -OCH3 is 2. The predicted octanol–water partition coefficient (Wildman–Crippen LogP) is 4.49. The van der Waals surface area contributed by atoms with Crippen molar-refractivity contribution in [1.29, 1.82) is 0 Å². The van der Waals surface area contributed by atoms with Crippen molar-refractivity contribution in [2.45, 2.75) is 13.0 Å². The molecule has 1 N–H and O–H groups in total. The van der Waals surface area contributed by atoms with Crippen molar-refractivity contribution in [1.82, 2.24) is 5.43 Å². The first kappa shape index (κ1) is 24.6. The van der Waals surface area contributed by atoms with E-state index in [-0.39, 0.29) is 5.75 Å². The molecule has 3 aromatic rings. The zero-order chi connectivity index (χ0) is 24.5. The van der Waals surface area contributed by atoms with Crippen LogP contribution in [-0.4, -0.2) is 38.4 Å². The molecule has 0 heterocycles. The van der Waals surface area contributed by atoms with E-state index >= 15 is 0 Å². The van der Waals surface area contributed by atoms with Crippen LogP contribution in [0.5, 0.6) is 23.0 Å². The molecule has 0 fully saturated rings. The molecule has 1 atom stereocenters. The van der Waals surface area contributed by atoms with Gasteiger partial charge in [0.1, 0.15) is 11.5 Å². The lowest BCUT2D eigenvalue weighted by molar-refractivity contribution is -0.127. The number of ether oxygens (including phenoxy) is 4. The van der Waals surface area contributed by atoms with Crippen LogP contribution in [0.4, 0.5) is 0 Å². The van der Waals surface area contributed by atoms with Gasteiger partial charge in [0.15, 0.2) is 17.6 Å². The normalized spacial score (nSPS) is 11.5. The summed E-state index contributed by atoms with van der Waals surface area (Å²) in [7, 11) is 3.00. The minimum atomic E-state index is -0.771. The van der Waals surface area contributed by atoms with Crippen LogP contribution in [0.2, 0.25) is 5.02 Å². The summed E-state index contributed by atoms with van der Waals surface area (Å²) in [5.41, 5.74) is 3.41. The van der Waals surface area contributed by atoms with Crippen molar-refractivity contribution in [3.8, 4) is 23.0 Å². The zero-order valence-corrected chi connectivity index (χ0v) is 19.5. The van der Waals surface area contributed by atoms with E-state index in [1.165, 1.54) is 13.3 Å². The highest BCUT2D eigenvalue weighted by atomic mass is 35.5. The van der Waals surface area contributed by atoms with Gasteiger partial charge in [-0.25, -0.2) is 10.2 Å². The van der Waals surface area contributed by atoms with Crippen LogP contribution in [0.1, 0.15) is 22.8 Å². The molecule has 0 bridgehead atoms. The third kappa shape index (κ3) is 6.73. The first-order valence-corrected chi connectivity index (χ1v) is 10.6. The Hall–Kier alpha value is -4.04. The number of amides is 1. The number of hydrogen-bond donors (Lipinski definition) is 1. The van der Waals surface area contributed by atoms with Crippen LogP contribution in [0.15, 0.2) is 71.8 Å². The summed E-state index contributed by atoms with van der Waals surface area (Å²) in [4.78, 5) is 24.6. The molecule has 0 aromatic heterocycles. The van der Waals surface area contributed by atoms with Crippen LogP contribution in [0.25, 0.3) is 0 Å². The average Bonchev–Trinajstić information content (AvgIpc) is 2.86. The van der Waals surface area contributed by atoms with E-state index < -0.39 is 18.0 Å². The summed E-state index contributed by atoms with van der Waals surface area (Å²) >= 11 is 5.84. The van der Waals surface area contributed by atoms with Gasteiger partial charge >= 0.3 is 5.97 Å². The van der Waals surface area contributed by atoms with Gasteiger partial charge in [-0.1, -0.05) is 11.6 Å². The number of nitrogens with zero attached hydrogens (tertiary/aromatic N) is 1. The van der Waals surface area contributed by atoms with E-state index in [1.807, 2.05) is 0 Å². The van der Waals surface area contributed by atoms with E-state index in [1.54, 1.807) is 80.8 Å². The Labute approximate surface area is 202 Å². The van der Waals surface area contributed by atoms with E-state index in [0.717, 1.165) is 0 Å². The highest BCUT2D eigenvalue weighted by Crippen LogP contribution is 2.28. The summed E-state index contributed by atoms with van der Waals surface area (Å²) in [5, 5.41) is 4.52. The van der Waals surface area contributed by atoms with Crippen LogP contribution in [0.3, 0.4) is 0 Å². The van der Waals surface area contributed by atoms with Gasteiger partial charge < -0.3 is 18.9 Å². The highest BCUT2D eigenvalue weighted by molar-refractivity contribution is 6.30. The molecular weight excluding hydrogens is 460 g/mol. The lowest BCUT2D eigenvalue weighted by atomic mass is 10.2. The van der Waals surface area contributed by atoms with Crippen molar-refractivity contribution in [3.05, 3.63) is 82.9 Å². The lowest BCUT2D eigenvalue weighted by Crippen LogP contribution is -2.33. The number of nitrogens with one attached hydrogen (secondary N) is 1. The minimum absolute atomic E-state index is 0.245. The second-order valence-corrected chi connectivity index (χ2v) is 7.41. The summed E-state index contributed by atoms with van der Waals surface area (Å²) in [6.07, 6.45) is 0.664. The van der Waals surface area contributed by atoms with E-state index in [4.69, 9.17) is 30.5 Å². The van der Waals surface area contributed by atoms with Gasteiger partial charge in [-0.05, 0) is 79.2 Å². The molecule has 0 saturated heterocycles. The van der Waals surface area contributed by atoms with Crippen LogP contribution >= 0.6 is 11.6 Å². The molecule has 9 heteroatoms. The molecule has 0 unspecified atom stereocenters. The Morgan fingerprint density at radius 1 is 0.912 bits per heavy atom. The summed E-state index contributed by atoms with van der Waals surface area (Å²) in [6, 6.07) is 18.1. The first-order valence-electron chi connectivity index (χ1n) is 10.2. The summed E-state index contributed by atoms with van der Waals surface area (Å²) < 4.78 is 21.4. The molecule has 0 aliphatic heterocycles. The van der Waals surface area contributed by atoms with Crippen LogP contribution < -0.4 is 24.4 Å². The maximum Gasteiger partial charge on any atom is 0.343 e. The number of carbonyl (C=O) groups excluding carboxylic acids is 2. The third-order valence-corrected chi connectivity index (χ3v) is 4.85. The number of esters is 1. The highest BCUT2D eigenvalue weighted by Gasteiger charge is 2.15. The van der Waals surface area contributed by atoms with Crippen molar-refractivity contribution in [3.63, 3.8) is 0 Å². The van der Waals surface area contributed by atoms with E-state index in [2.05, 4.69) is 10.5 Å². The monoisotopic (exact) mass is 482 g/mol. The first-order chi connectivity index (χ1) is 16.4. The Morgan fingerprint density at radius 2 is 1.59 bits per heavy atom. The summed E-state index contributed by atoms with van der Waals surface area (Å²) in [5.74, 6) is 0.759. The zero-order valence-electron chi connectivity index (χ0n) is 18.8. The largest absolute Gasteiger partial charge is 0.497 e. The number of benzene rings is 3. The maximum absolute atomic E-state index is 12.4. The van der Waals surface area contributed by atoms with E-state index in [0.29, 0.717) is 33.4 Å². The Bertz CT molecular complexity index is 1160. The number of rotatable bonds is 9. The molecule has 0 aliphatic rings. The molecule has 0 radical (unpaired) electrons. The van der Waals surface area contributed by atoms with Gasteiger partial charge in [0.2, 0.25) is 0 Å². The molecule has 176 valence electrons. The maximum atomic E-state index is 12.4. The van der Waals surface area contributed by atoms with Crippen LogP contribution in [0, 0.1) is 0 Å². The van der Waals surface area contributed by atoms with Gasteiger partial charge in [0.05, 0.1) is 26.0 Å². The molecule has 34 heavy (non-hydrogen) atoms. The molecule has 3 aromatic carbocycles. The number of carbonyl (C=O) groups is 2. The van der Waals surface area contributed by atoms with Gasteiger partial charge in [-0.2, -0.15) is 5.10 Å². The van der Waals surface area contributed by atoms with Crippen molar-refractivity contribution >= 4 is 29.7 Å². The predicted molar refractivity (Wildman–Crippen MR) is 128 cm³/mol. The second kappa shape index (κ2) is 11.7. The molecule has 8 nitrogen and oxygen atoms in total. The number of hydrogen-bond acceptors (Lipinski definition) is 7. The average molecular weight is 483 g/mol. The fourth-order valence-electron chi connectivity index (χ4n) is 2.77. The second-order valence-electron chi connectivity index (χ2n) is 6.98. The topological polar surface area (TPSA) is 95.5 Å². The molecule has 0 aliphatic carbocycles. The standard InChI is InChI=1S/C25H23ClN2O6/c1-16(33-21-11-7-19(26)8-12-21)24(29)28-27-15-17-4-13-22(23(14-17)32-3)34-25(30)18-5-9-20(31-2)10-6-18/h4-16H,1-3H3,(H,28,29)/b27-15-/t16-/m1/s1. The van der Waals surface area contributed by atoms with Gasteiger partial charge in [0.25, 0.3) is 5.91 Å². The Balaban J connectivity index is 1.59. The van der Waals surface area contributed by atoms with Gasteiger partial charge in [-0.3, -0.25) is 4.79 Å². The quantitative estimate of drug-likeness (QED) is 0.209. The minimum Gasteiger partial charge on any atom is -0.497 e. The number of hydrazone groups is 1. The van der Waals surface area contributed by atoms with Gasteiger partial charge in [-0.15, -0.1) is 0 Å². The lowest BCUT2D eigenvalue weighted by Gasteiger charge is -2.13. The molecular formula is C25H23ClN2O6. The summed E-state index contributed by atoms with van der Waals surface area (Å²) in [6.45, 7) is 1.61. The molecule has 1 amide bonds. The SMILES string of the molecule is COc1ccc(C(=O)Oc2ccc(/C=N\NC(=O)[C@@H](C)Oc3ccc(Cl)cc3)cc2OC)cc1. The fourth-order valence-corrected chi connectivity index (χ4v) is 2.89. The Kier molecular flexibility index (Phi) is 8.48. The third-order valence-electron chi connectivity index (χ3n) is 4.60. The van der Waals surface area contributed by atoms with Crippen LogP contribution in [-0.2, 0) is 4.79 Å². The molecule has 3 rings (SSSR count). The Morgan fingerprint density at radius 3 is 2.24 bits per heavy atom. The molecule has 0 saturated carbocycles. The van der Waals surface area contributed by atoms with Crippen molar-refractivity contribution < 1.29 is 28.5 Å².